The largest absolute Gasteiger partial charge is 0.468 e. The molecular formula is C20H25NO11S. The zero-order chi connectivity index (χ0) is 25.1. The van der Waals surface area contributed by atoms with Gasteiger partial charge in [0.1, 0.15) is 18.1 Å². The predicted molar refractivity (Wildman–Crippen MR) is 110 cm³/mol. The van der Waals surface area contributed by atoms with Crippen LogP contribution in [0.5, 0.6) is 0 Å². The fourth-order valence-corrected chi connectivity index (χ4v) is 3.27. The molecule has 1 aliphatic heterocycles. The summed E-state index contributed by atoms with van der Waals surface area (Å²) >= 11 is 0.797. The van der Waals surface area contributed by atoms with Crippen LogP contribution in [0.2, 0.25) is 0 Å². The van der Waals surface area contributed by atoms with Crippen molar-refractivity contribution in [2.75, 3.05) is 12.4 Å². The SMILES string of the molecule is CC(=O)OC[C@H]1O[C@@H](O/C=C(\CSC#N)C(C)=O)[C@H](OC(C)=O)[C@@H](OC(C)=O)[C@@H]1OC(C)=O. The van der Waals surface area contributed by atoms with Crippen LogP contribution in [-0.2, 0) is 52.4 Å². The molecule has 0 aromatic carbocycles. The molecule has 1 heterocycles. The van der Waals surface area contributed by atoms with Crippen molar-refractivity contribution in [2.24, 2.45) is 0 Å². The number of hydrogen-bond acceptors (Lipinski definition) is 13. The Bertz CT molecular complexity index is 834. The molecule has 13 heteroatoms. The number of carbonyl (C=O) groups excluding carboxylic acids is 5. The van der Waals surface area contributed by atoms with Crippen LogP contribution < -0.4 is 0 Å². The van der Waals surface area contributed by atoms with Gasteiger partial charge in [-0.05, 0) is 18.7 Å². The van der Waals surface area contributed by atoms with Gasteiger partial charge in [-0.15, -0.1) is 0 Å². The first-order chi connectivity index (χ1) is 15.5. The van der Waals surface area contributed by atoms with Gasteiger partial charge in [0.2, 0.25) is 12.4 Å². The van der Waals surface area contributed by atoms with Gasteiger partial charge in [0.15, 0.2) is 18.0 Å². The number of nitrogens with zero attached hydrogens (tertiary/aromatic N) is 1. The zero-order valence-corrected chi connectivity index (χ0v) is 19.5. The van der Waals surface area contributed by atoms with E-state index in [0.717, 1.165) is 45.7 Å². The fourth-order valence-electron chi connectivity index (χ4n) is 2.78. The van der Waals surface area contributed by atoms with E-state index < -0.39 is 61.2 Å². The Morgan fingerprint density at radius 2 is 1.42 bits per heavy atom. The lowest BCUT2D eigenvalue weighted by Crippen LogP contribution is -2.62. The highest BCUT2D eigenvalue weighted by Gasteiger charge is 2.53. The summed E-state index contributed by atoms with van der Waals surface area (Å²) < 4.78 is 32.0. The predicted octanol–water partition coefficient (Wildman–Crippen LogP) is 0.773. The summed E-state index contributed by atoms with van der Waals surface area (Å²) in [6.45, 7) is 5.29. The number of thiocyanates is 1. The van der Waals surface area contributed by atoms with Gasteiger partial charge in [-0.1, -0.05) is 0 Å². The molecule has 182 valence electrons. The van der Waals surface area contributed by atoms with Gasteiger partial charge in [-0.3, -0.25) is 24.0 Å². The summed E-state index contributed by atoms with van der Waals surface area (Å²) in [4.78, 5) is 58.3. The van der Waals surface area contributed by atoms with Crippen LogP contribution in [0, 0.1) is 10.7 Å². The van der Waals surface area contributed by atoms with Crippen LogP contribution >= 0.6 is 11.8 Å². The number of thioether (sulfide) groups is 1. The van der Waals surface area contributed by atoms with E-state index in [2.05, 4.69) is 0 Å². The maximum absolute atomic E-state index is 11.8. The van der Waals surface area contributed by atoms with Crippen molar-refractivity contribution in [1.82, 2.24) is 0 Å². The van der Waals surface area contributed by atoms with E-state index in [1.165, 1.54) is 6.92 Å². The molecule has 0 bridgehead atoms. The summed E-state index contributed by atoms with van der Waals surface area (Å²) in [5, 5.41) is 10.6. The van der Waals surface area contributed by atoms with Crippen LogP contribution in [-0.4, -0.2) is 72.7 Å². The minimum absolute atomic E-state index is 0.0110. The normalized spacial score (nSPS) is 24.6. The van der Waals surface area contributed by atoms with Gasteiger partial charge < -0.3 is 28.4 Å². The van der Waals surface area contributed by atoms with E-state index >= 15 is 0 Å². The van der Waals surface area contributed by atoms with Crippen molar-refractivity contribution in [1.29, 1.82) is 5.26 Å². The second-order valence-corrected chi connectivity index (χ2v) is 7.54. The lowest BCUT2D eigenvalue weighted by Gasteiger charge is -2.43. The molecular weight excluding hydrogens is 462 g/mol. The maximum atomic E-state index is 11.8. The number of nitriles is 1. The molecule has 0 saturated carbocycles. The van der Waals surface area contributed by atoms with E-state index in [0.29, 0.717) is 0 Å². The number of ether oxygens (including phenoxy) is 6. The summed E-state index contributed by atoms with van der Waals surface area (Å²) in [7, 11) is 0. The fraction of sp³-hybridized carbons (Fsp3) is 0.600. The van der Waals surface area contributed by atoms with Crippen molar-refractivity contribution in [2.45, 2.75) is 65.3 Å². The molecule has 0 radical (unpaired) electrons. The third kappa shape index (κ3) is 9.50. The first-order valence-corrected chi connectivity index (χ1v) is 10.6. The smallest absolute Gasteiger partial charge is 0.303 e. The van der Waals surface area contributed by atoms with Gasteiger partial charge in [0.05, 0.1) is 6.26 Å². The summed E-state index contributed by atoms with van der Waals surface area (Å²) in [5.41, 5.74) is 0.120. The number of rotatable bonds is 10. The summed E-state index contributed by atoms with van der Waals surface area (Å²) in [6.07, 6.45) is -5.73. The highest BCUT2D eigenvalue weighted by Crippen LogP contribution is 2.30. The molecule has 1 saturated heterocycles. The van der Waals surface area contributed by atoms with Crippen LogP contribution in [0.4, 0.5) is 0 Å². The molecule has 5 atom stereocenters. The van der Waals surface area contributed by atoms with Crippen molar-refractivity contribution in [3.63, 3.8) is 0 Å². The van der Waals surface area contributed by atoms with E-state index in [1.807, 2.05) is 5.40 Å². The molecule has 33 heavy (non-hydrogen) atoms. The van der Waals surface area contributed by atoms with Crippen molar-refractivity contribution in [3.8, 4) is 5.40 Å². The second kappa shape index (κ2) is 13.4. The number of hydrogen-bond donors (Lipinski definition) is 0. The Hall–Kier alpha value is -3.11. The Labute approximate surface area is 194 Å². The van der Waals surface area contributed by atoms with Crippen LogP contribution in [0.25, 0.3) is 0 Å². The molecule has 0 spiro atoms. The molecule has 0 aromatic heterocycles. The zero-order valence-electron chi connectivity index (χ0n) is 18.7. The summed E-state index contributed by atoms with van der Waals surface area (Å²) in [6, 6.07) is 0. The highest BCUT2D eigenvalue weighted by molar-refractivity contribution is 8.03. The van der Waals surface area contributed by atoms with E-state index in [9.17, 15) is 24.0 Å². The van der Waals surface area contributed by atoms with Gasteiger partial charge in [0.25, 0.3) is 0 Å². The molecule has 0 amide bonds. The Morgan fingerprint density at radius 1 is 0.879 bits per heavy atom. The molecule has 0 aromatic rings. The standard InChI is InChI=1S/C20H25NO11S/c1-10(22)15(8-33-9-21)6-28-20-19(31-14(5)26)18(30-13(4)25)17(29-12(3)24)16(32-20)7-27-11(2)23/h6,16-20H,7-8H2,1-5H3/b15-6+/t16-,17-,18+,19-,20-/m1/s1. The number of ketones is 1. The molecule has 1 fully saturated rings. The van der Waals surface area contributed by atoms with Gasteiger partial charge in [-0.2, -0.15) is 5.26 Å². The lowest BCUT2D eigenvalue weighted by atomic mass is 9.98. The maximum Gasteiger partial charge on any atom is 0.303 e. The molecule has 0 N–H and O–H groups in total. The minimum atomic E-state index is -1.45. The van der Waals surface area contributed by atoms with E-state index in [-0.39, 0.29) is 17.1 Å². The first kappa shape index (κ1) is 27.9. The molecule has 1 aliphatic rings. The minimum Gasteiger partial charge on any atom is -0.468 e. The second-order valence-electron chi connectivity index (χ2n) is 6.78. The third-order valence-electron chi connectivity index (χ3n) is 4.04. The Balaban J connectivity index is 3.39. The van der Waals surface area contributed by atoms with E-state index in [4.69, 9.17) is 33.7 Å². The monoisotopic (exact) mass is 487 g/mol. The average molecular weight is 487 g/mol. The number of Topliss-reactive ketones (excluding diaryl/α,β-unsaturated/α-hetero) is 1. The average Bonchev–Trinajstić information content (AvgIpc) is 2.69. The molecule has 12 nitrogen and oxygen atoms in total. The molecule has 0 unspecified atom stereocenters. The van der Waals surface area contributed by atoms with Gasteiger partial charge >= 0.3 is 23.9 Å². The number of esters is 4. The van der Waals surface area contributed by atoms with Crippen LogP contribution in [0.1, 0.15) is 34.6 Å². The molecule has 1 rings (SSSR count). The Morgan fingerprint density at radius 3 is 1.91 bits per heavy atom. The van der Waals surface area contributed by atoms with Crippen molar-refractivity contribution in [3.05, 3.63) is 11.8 Å². The quantitative estimate of drug-likeness (QED) is 0.140. The van der Waals surface area contributed by atoms with Crippen molar-refractivity contribution >= 4 is 41.4 Å². The van der Waals surface area contributed by atoms with E-state index in [1.54, 1.807) is 0 Å². The lowest BCUT2D eigenvalue weighted by molar-refractivity contribution is -0.297. The van der Waals surface area contributed by atoms with Crippen molar-refractivity contribution < 1.29 is 52.4 Å². The van der Waals surface area contributed by atoms with Gasteiger partial charge in [0, 0.05) is 39.0 Å². The highest BCUT2D eigenvalue weighted by atomic mass is 32.2. The van der Waals surface area contributed by atoms with Crippen LogP contribution in [0.3, 0.4) is 0 Å². The third-order valence-corrected chi connectivity index (χ3v) is 4.62. The topological polar surface area (TPSA) is 165 Å². The van der Waals surface area contributed by atoms with Gasteiger partial charge in [-0.25, -0.2) is 0 Å². The summed E-state index contributed by atoms with van der Waals surface area (Å²) in [5.74, 6) is -3.37. The first-order valence-electron chi connectivity index (χ1n) is 9.63. The van der Waals surface area contributed by atoms with Crippen LogP contribution in [0.15, 0.2) is 11.8 Å². The Kier molecular flexibility index (Phi) is 11.4. The number of carbonyl (C=O) groups is 5. The molecule has 0 aliphatic carbocycles.